The normalized spacial score (nSPS) is 10.4. The van der Waals surface area contributed by atoms with Crippen molar-refractivity contribution in [3.05, 3.63) is 17.7 Å². The van der Waals surface area contributed by atoms with E-state index in [1.807, 2.05) is 19.1 Å². The van der Waals surface area contributed by atoms with Crippen LogP contribution < -0.4 is 14.4 Å². The molecule has 0 bridgehead atoms. The minimum absolute atomic E-state index is 0.418. The fraction of sp³-hybridized carbons (Fsp3) is 0.538. The number of aryl methyl sites for hydroxylation is 1. The van der Waals surface area contributed by atoms with Gasteiger partial charge in [0, 0.05) is 19.2 Å². The molecule has 0 fully saturated rings. The Labute approximate surface area is 98.0 Å². The Morgan fingerprint density at radius 3 is 2.06 bits per heavy atom. The first-order valence-electron chi connectivity index (χ1n) is 5.46. The molecular formula is C13H21NO2. The van der Waals surface area contributed by atoms with Gasteiger partial charge in [0.05, 0.1) is 19.9 Å². The van der Waals surface area contributed by atoms with Crippen LogP contribution in [0.1, 0.15) is 19.4 Å². The molecule has 0 unspecified atom stereocenters. The molecule has 0 aliphatic carbocycles. The lowest BCUT2D eigenvalue weighted by molar-refractivity contribution is 0.400. The molecule has 0 amide bonds. The molecule has 0 aliphatic rings. The number of anilines is 1. The van der Waals surface area contributed by atoms with Crippen LogP contribution in [0, 0.1) is 6.92 Å². The van der Waals surface area contributed by atoms with Gasteiger partial charge in [0.15, 0.2) is 0 Å². The van der Waals surface area contributed by atoms with Gasteiger partial charge in [0.1, 0.15) is 11.5 Å². The Morgan fingerprint density at radius 1 is 1.06 bits per heavy atom. The van der Waals surface area contributed by atoms with Crippen LogP contribution in [0.2, 0.25) is 0 Å². The van der Waals surface area contributed by atoms with Crippen LogP contribution in [-0.2, 0) is 0 Å². The zero-order valence-electron chi connectivity index (χ0n) is 11.0. The monoisotopic (exact) mass is 223 g/mol. The molecule has 0 saturated carbocycles. The predicted molar refractivity (Wildman–Crippen MR) is 67.8 cm³/mol. The molecule has 0 spiro atoms. The zero-order chi connectivity index (χ0) is 12.3. The molecule has 0 aromatic heterocycles. The summed E-state index contributed by atoms with van der Waals surface area (Å²) in [6, 6.07) is 4.45. The highest BCUT2D eigenvalue weighted by molar-refractivity contribution is 5.63. The molecule has 0 saturated heterocycles. The molecule has 3 nitrogen and oxygen atoms in total. The molecule has 0 heterocycles. The highest BCUT2D eigenvalue weighted by atomic mass is 16.5. The first-order valence-corrected chi connectivity index (χ1v) is 5.46. The van der Waals surface area contributed by atoms with Gasteiger partial charge < -0.3 is 14.4 Å². The Morgan fingerprint density at radius 2 is 1.62 bits per heavy atom. The third kappa shape index (κ3) is 2.40. The van der Waals surface area contributed by atoms with Crippen LogP contribution in [0.4, 0.5) is 5.69 Å². The first-order chi connectivity index (χ1) is 7.51. The number of hydrogen-bond acceptors (Lipinski definition) is 3. The van der Waals surface area contributed by atoms with Gasteiger partial charge in [-0.2, -0.15) is 0 Å². The minimum Gasteiger partial charge on any atom is -0.496 e. The van der Waals surface area contributed by atoms with Crippen molar-refractivity contribution in [1.29, 1.82) is 0 Å². The quantitative estimate of drug-likeness (QED) is 0.783. The molecule has 16 heavy (non-hydrogen) atoms. The summed E-state index contributed by atoms with van der Waals surface area (Å²) in [5.74, 6) is 1.78. The topological polar surface area (TPSA) is 21.7 Å². The molecule has 0 N–H and O–H groups in total. The molecule has 90 valence electrons. The summed E-state index contributed by atoms with van der Waals surface area (Å²) < 4.78 is 10.7. The maximum atomic E-state index is 5.40. The predicted octanol–water partition coefficient (Wildman–Crippen LogP) is 2.86. The summed E-state index contributed by atoms with van der Waals surface area (Å²) in [4.78, 5) is 2.17. The van der Waals surface area contributed by atoms with E-state index in [2.05, 4.69) is 25.8 Å². The number of nitrogens with zero attached hydrogens (tertiary/aromatic N) is 1. The van der Waals surface area contributed by atoms with Crippen molar-refractivity contribution in [2.24, 2.45) is 0 Å². The summed E-state index contributed by atoms with van der Waals surface area (Å²) in [5, 5.41) is 0. The van der Waals surface area contributed by atoms with Crippen LogP contribution in [0.5, 0.6) is 11.5 Å². The molecular weight excluding hydrogens is 202 g/mol. The van der Waals surface area contributed by atoms with E-state index >= 15 is 0 Å². The lowest BCUT2D eigenvalue weighted by atomic mass is 10.1. The number of rotatable bonds is 4. The number of methoxy groups -OCH3 is 2. The zero-order valence-corrected chi connectivity index (χ0v) is 11.0. The Balaban J connectivity index is 3.24. The fourth-order valence-electron chi connectivity index (χ4n) is 1.59. The van der Waals surface area contributed by atoms with Gasteiger partial charge in [-0.25, -0.2) is 0 Å². The highest BCUT2D eigenvalue weighted by Gasteiger charge is 2.14. The standard InChI is InChI=1S/C13H21NO2/c1-9(2)14(4)11-8-12(15-5)10(3)7-13(11)16-6/h7-9H,1-6H3. The van der Waals surface area contributed by atoms with E-state index in [4.69, 9.17) is 9.47 Å². The van der Waals surface area contributed by atoms with E-state index < -0.39 is 0 Å². The van der Waals surface area contributed by atoms with Crippen LogP contribution in [-0.4, -0.2) is 27.3 Å². The van der Waals surface area contributed by atoms with E-state index in [-0.39, 0.29) is 0 Å². The Kier molecular flexibility index (Phi) is 4.05. The van der Waals surface area contributed by atoms with E-state index in [1.54, 1.807) is 14.2 Å². The molecule has 0 atom stereocenters. The van der Waals surface area contributed by atoms with E-state index in [1.165, 1.54) is 0 Å². The largest absolute Gasteiger partial charge is 0.496 e. The van der Waals surface area contributed by atoms with Crippen molar-refractivity contribution in [1.82, 2.24) is 0 Å². The molecule has 0 aliphatic heterocycles. The third-order valence-corrected chi connectivity index (χ3v) is 2.85. The van der Waals surface area contributed by atoms with Crippen molar-refractivity contribution in [2.45, 2.75) is 26.8 Å². The van der Waals surface area contributed by atoms with Crippen LogP contribution in [0.3, 0.4) is 0 Å². The highest BCUT2D eigenvalue weighted by Crippen LogP contribution is 2.35. The van der Waals surface area contributed by atoms with E-state index in [0.29, 0.717) is 6.04 Å². The van der Waals surface area contributed by atoms with Gasteiger partial charge in [-0.15, -0.1) is 0 Å². The van der Waals surface area contributed by atoms with E-state index in [0.717, 1.165) is 22.7 Å². The Bertz CT molecular complexity index is 361. The Hall–Kier alpha value is -1.38. The molecule has 0 radical (unpaired) electrons. The van der Waals surface area contributed by atoms with Gasteiger partial charge in [0.2, 0.25) is 0 Å². The second-order valence-electron chi connectivity index (χ2n) is 4.20. The van der Waals surface area contributed by atoms with Crippen molar-refractivity contribution >= 4 is 5.69 Å². The van der Waals surface area contributed by atoms with Crippen LogP contribution in [0.25, 0.3) is 0 Å². The second kappa shape index (κ2) is 5.10. The summed E-state index contributed by atoms with van der Waals surface area (Å²) in [5.41, 5.74) is 2.14. The maximum Gasteiger partial charge on any atom is 0.142 e. The average Bonchev–Trinajstić information content (AvgIpc) is 2.27. The lowest BCUT2D eigenvalue weighted by Gasteiger charge is -2.26. The second-order valence-corrected chi connectivity index (χ2v) is 4.20. The van der Waals surface area contributed by atoms with Gasteiger partial charge in [0.25, 0.3) is 0 Å². The third-order valence-electron chi connectivity index (χ3n) is 2.85. The van der Waals surface area contributed by atoms with Gasteiger partial charge >= 0.3 is 0 Å². The summed E-state index contributed by atoms with van der Waals surface area (Å²) >= 11 is 0. The van der Waals surface area contributed by atoms with Crippen molar-refractivity contribution in [2.75, 3.05) is 26.2 Å². The summed E-state index contributed by atoms with van der Waals surface area (Å²) in [6.07, 6.45) is 0. The summed E-state index contributed by atoms with van der Waals surface area (Å²) in [7, 11) is 5.43. The van der Waals surface area contributed by atoms with Crippen molar-refractivity contribution in [3.8, 4) is 11.5 Å². The van der Waals surface area contributed by atoms with Gasteiger partial charge in [-0.3, -0.25) is 0 Å². The summed E-state index contributed by atoms with van der Waals surface area (Å²) in [6.45, 7) is 6.30. The average molecular weight is 223 g/mol. The fourth-order valence-corrected chi connectivity index (χ4v) is 1.59. The molecule has 1 rings (SSSR count). The number of benzene rings is 1. The van der Waals surface area contributed by atoms with Gasteiger partial charge in [-0.1, -0.05) is 0 Å². The molecule has 3 heteroatoms. The SMILES string of the molecule is COc1cc(N(C)C(C)C)c(OC)cc1C. The first kappa shape index (κ1) is 12.7. The van der Waals surface area contributed by atoms with Crippen molar-refractivity contribution < 1.29 is 9.47 Å². The maximum absolute atomic E-state index is 5.40. The minimum atomic E-state index is 0.418. The molecule has 1 aromatic carbocycles. The number of ether oxygens (including phenoxy) is 2. The van der Waals surface area contributed by atoms with E-state index in [9.17, 15) is 0 Å². The lowest BCUT2D eigenvalue weighted by Crippen LogP contribution is -2.26. The smallest absolute Gasteiger partial charge is 0.142 e. The van der Waals surface area contributed by atoms with Crippen LogP contribution in [0.15, 0.2) is 12.1 Å². The van der Waals surface area contributed by atoms with Crippen molar-refractivity contribution in [3.63, 3.8) is 0 Å². The number of hydrogen-bond donors (Lipinski definition) is 0. The van der Waals surface area contributed by atoms with Crippen LogP contribution >= 0.6 is 0 Å². The van der Waals surface area contributed by atoms with Gasteiger partial charge in [-0.05, 0) is 32.4 Å². The molecule has 1 aromatic rings.